The van der Waals surface area contributed by atoms with E-state index in [-0.39, 0.29) is 0 Å². The normalized spacial score (nSPS) is 10.1. The molecule has 0 aliphatic rings. The molecule has 1 aromatic carbocycles. The number of carbonyl (C=O) groups excluding carboxylic acids is 1. The Kier molecular flexibility index (Phi) is 37.2. The number of hydrogen-bond acceptors (Lipinski definition) is 4. The summed E-state index contributed by atoms with van der Waals surface area (Å²) in [4.78, 5) is 17.0. The molecule has 0 fully saturated rings. The van der Waals surface area contributed by atoms with Crippen molar-refractivity contribution in [3.63, 3.8) is 0 Å². The molecule has 0 amide bonds. The lowest BCUT2D eigenvalue weighted by Crippen LogP contribution is -2.23. The number of pyridine rings is 1. The molecule has 0 saturated carbocycles. The van der Waals surface area contributed by atoms with Crippen LogP contribution < -0.4 is 10.6 Å². The van der Waals surface area contributed by atoms with Crippen LogP contribution in [0.1, 0.15) is 156 Å². The number of nitrogens with one attached hydrogen (secondary N) is 3. The SMILES string of the molecule is C=C(C)CC.C=C(Nc1ccc(-c2cc(C(=C)C)c(/C=C\C)[nH]2)cc1)c1cc(CC)ccn1.C=CC=O.CC.CCCC(CC)NC.CCCCCCC. The number of anilines is 1. The monoisotopic (exact) mass is 741 g/mol. The first-order valence-corrected chi connectivity index (χ1v) is 20.4. The van der Waals surface area contributed by atoms with E-state index < -0.39 is 0 Å². The fourth-order valence-corrected chi connectivity index (χ4v) is 4.69. The summed E-state index contributed by atoms with van der Waals surface area (Å²) < 4.78 is 0. The topological polar surface area (TPSA) is 69.8 Å². The molecular formula is C49H80N4O. The van der Waals surface area contributed by atoms with Gasteiger partial charge in [0.15, 0.2) is 0 Å². The van der Waals surface area contributed by atoms with Crippen LogP contribution in [-0.4, -0.2) is 29.3 Å². The zero-order valence-electron chi connectivity index (χ0n) is 36.8. The van der Waals surface area contributed by atoms with Gasteiger partial charge in [0.1, 0.15) is 6.29 Å². The molecule has 3 aromatic rings. The largest absolute Gasteiger partial charge is 0.355 e. The second-order valence-corrected chi connectivity index (χ2v) is 12.8. The van der Waals surface area contributed by atoms with Crippen molar-refractivity contribution < 1.29 is 4.79 Å². The number of aldehydes is 1. The number of benzene rings is 1. The molecule has 1 unspecified atom stereocenters. The second-order valence-electron chi connectivity index (χ2n) is 12.8. The zero-order chi connectivity index (χ0) is 41.7. The van der Waals surface area contributed by atoms with Gasteiger partial charge in [0.25, 0.3) is 0 Å². The first-order valence-electron chi connectivity index (χ1n) is 20.4. The predicted molar refractivity (Wildman–Crippen MR) is 247 cm³/mol. The Labute approximate surface area is 333 Å². The predicted octanol–water partition coefficient (Wildman–Crippen LogP) is 14.9. The molecule has 2 aromatic heterocycles. The molecule has 0 aliphatic carbocycles. The van der Waals surface area contributed by atoms with Crippen LogP contribution in [0.25, 0.3) is 28.6 Å². The Morgan fingerprint density at radius 1 is 0.889 bits per heavy atom. The van der Waals surface area contributed by atoms with Gasteiger partial charge in [0, 0.05) is 34.9 Å². The summed E-state index contributed by atoms with van der Waals surface area (Å²) in [5.41, 5.74) is 10.6. The van der Waals surface area contributed by atoms with Crippen molar-refractivity contribution in [2.45, 2.75) is 146 Å². The Hall–Kier alpha value is -4.22. The highest BCUT2D eigenvalue weighted by molar-refractivity contribution is 5.78. The third kappa shape index (κ3) is 26.5. The van der Waals surface area contributed by atoms with Crippen LogP contribution in [0.15, 0.2) is 92.7 Å². The number of unbranched alkanes of at least 4 members (excludes halogenated alkanes) is 4. The fraction of sp³-hybridized carbons (Fsp3) is 0.469. The third-order valence-corrected chi connectivity index (χ3v) is 8.12. The quantitative estimate of drug-likeness (QED) is 0.0558. The fourth-order valence-electron chi connectivity index (χ4n) is 4.69. The van der Waals surface area contributed by atoms with Gasteiger partial charge in [-0.3, -0.25) is 9.78 Å². The van der Waals surface area contributed by atoms with Crippen LogP contribution in [0.5, 0.6) is 0 Å². The van der Waals surface area contributed by atoms with Crippen LogP contribution in [0, 0.1) is 0 Å². The van der Waals surface area contributed by atoms with Gasteiger partial charge in [0.05, 0.1) is 11.4 Å². The third-order valence-electron chi connectivity index (χ3n) is 8.12. The van der Waals surface area contributed by atoms with Crippen LogP contribution in [0.4, 0.5) is 5.69 Å². The lowest BCUT2D eigenvalue weighted by molar-refractivity contribution is -0.104. The molecule has 3 rings (SSSR count). The van der Waals surface area contributed by atoms with Crippen molar-refractivity contribution in [2.75, 3.05) is 12.4 Å². The molecule has 5 nitrogen and oxygen atoms in total. The number of nitrogens with zero attached hydrogens (tertiary/aromatic N) is 1. The van der Waals surface area contributed by atoms with Gasteiger partial charge in [0.2, 0.25) is 0 Å². The highest BCUT2D eigenvalue weighted by Gasteiger charge is 2.09. The lowest BCUT2D eigenvalue weighted by Gasteiger charge is -2.10. The molecule has 0 aliphatic heterocycles. The van der Waals surface area contributed by atoms with E-state index in [1.54, 1.807) is 0 Å². The van der Waals surface area contributed by atoms with Crippen LogP contribution >= 0.6 is 0 Å². The standard InChI is InChI=1S/C25H27N3.C7H17N.C7H16.C5H10.C3H4O.C2H6/c1-6-8-23-22(17(3)4)16-25(28-23)20-9-11-21(12-10-20)27-18(5)24-15-19(7-2)13-14-26-24;1-4-6-7(5-2)8-3;1-3-5-7-6-4-2;1-4-5(2)3;1-2-3-4;1-2/h6,8-16,27-28H,3,5,7H2,1-2,4H3;7-8H,4-6H2,1-3H3;3-7H2,1-2H3;2,4H2,1,3H3;2-3H,1H2;1-2H3/b8-6-;;;;;. The van der Waals surface area contributed by atoms with E-state index in [9.17, 15) is 0 Å². The molecule has 54 heavy (non-hydrogen) atoms. The molecule has 2 heterocycles. The number of allylic oxidation sites excluding steroid dienone is 4. The summed E-state index contributed by atoms with van der Waals surface area (Å²) in [6.45, 7) is 38.2. The molecule has 0 saturated heterocycles. The van der Waals surface area contributed by atoms with E-state index in [2.05, 4.69) is 131 Å². The minimum absolute atomic E-state index is 0.639. The molecule has 5 heteroatoms. The van der Waals surface area contributed by atoms with Crippen molar-refractivity contribution in [3.05, 3.63) is 115 Å². The molecule has 3 N–H and O–H groups in total. The van der Waals surface area contributed by atoms with E-state index in [0.29, 0.717) is 6.29 Å². The van der Waals surface area contributed by atoms with Gasteiger partial charge < -0.3 is 15.6 Å². The number of aromatic nitrogens is 2. The second kappa shape index (κ2) is 37.1. The maximum atomic E-state index is 9.06. The Morgan fingerprint density at radius 3 is 1.85 bits per heavy atom. The van der Waals surface area contributed by atoms with Crippen LogP contribution in [0.3, 0.4) is 0 Å². The molecule has 0 radical (unpaired) electrons. The highest BCUT2D eigenvalue weighted by Crippen LogP contribution is 2.28. The number of aromatic amines is 1. The first-order chi connectivity index (χ1) is 26.0. The summed E-state index contributed by atoms with van der Waals surface area (Å²) >= 11 is 0. The van der Waals surface area contributed by atoms with Crippen molar-refractivity contribution in [3.8, 4) is 11.3 Å². The van der Waals surface area contributed by atoms with Crippen molar-refractivity contribution >= 4 is 29.3 Å². The van der Waals surface area contributed by atoms with Crippen LogP contribution in [0.2, 0.25) is 0 Å². The average molecular weight is 741 g/mol. The number of carbonyl (C=O) groups is 1. The summed E-state index contributed by atoms with van der Waals surface area (Å²) in [5, 5.41) is 6.60. The molecule has 0 bridgehead atoms. The van der Waals surface area contributed by atoms with Crippen molar-refractivity contribution in [1.82, 2.24) is 15.3 Å². The van der Waals surface area contributed by atoms with Crippen molar-refractivity contribution in [2.24, 2.45) is 0 Å². The number of hydrogen-bond donors (Lipinski definition) is 3. The Balaban J connectivity index is -0.000000813. The average Bonchev–Trinajstić information content (AvgIpc) is 3.63. The molecule has 1 atom stereocenters. The zero-order valence-corrected chi connectivity index (χ0v) is 36.8. The number of rotatable bonds is 17. The van der Waals surface area contributed by atoms with E-state index in [4.69, 9.17) is 4.79 Å². The van der Waals surface area contributed by atoms with E-state index >= 15 is 0 Å². The molecular weight excluding hydrogens is 661 g/mol. The summed E-state index contributed by atoms with van der Waals surface area (Å²) in [6.07, 6.45) is 20.7. The van der Waals surface area contributed by atoms with E-state index in [1.807, 2.05) is 60.0 Å². The van der Waals surface area contributed by atoms with Gasteiger partial charge in [-0.05, 0) is 113 Å². The highest BCUT2D eigenvalue weighted by atomic mass is 16.1. The van der Waals surface area contributed by atoms with Gasteiger partial charge >= 0.3 is 0 Å². The maximum absolute atomic E-state index is 9.06. The smallest absolute Gasteiger partial charge is 0.142 e. The summed E-state index contributed by atoms with van der Waals surface area (Å²) in [7, 11) is 2.03. The van der Waals surface area contributed by atoms with Gasteiger partial charge in [-0.25, -0.2) is 0 Å². The molecule has 0 spiro atoms. The maximum Gasteiger partial charge on any atom is 0.142 e. The number of H-pyrrole nitrogens is 1. The molecule has 302 valence electrons. The van der Waals surface area contributed by atoms with Gasteiger partial charge in [-0.15, -0.1) is 6.58 Å². The van der Waals surface area contributed by atoms with Gasteiger partial charge in [-0.2, -0.15) is 0 Å². The van der Waals surface area contributed by atoms with E-state index in [0.717, 1.165) is 64.0 Å². The minimum atomic E-state index is 0.639. The first kappa shape index (κ1) is 54.1. The Morgan fingerprint density at radius 2 is 1.46 bits per heavy atom. The van der Waals surface area contributed by atoms with Crippen LogP contribution in [-0.2, 0) is 11.2 Å². The van der Waals surface area contributed by atoms with E-state index in [1.165, 1.54) is 68.6 Å². The van der Waals surface area contributed by atoms with Gasteiger partial charge in [-0.1, -0.05) is 137 Å². The Bertz CT molecular complexity index is 1410. The minimum Gasteiger partial charge on any atom is -0.355 e. The summed E-state index contributed by atoms with van der Waals surface area (Å²) in [6, 6.07) is 15.3. The summed E-state index contributed by atoms with van der Waals surface area (Å²) in [5.74, 6) is 0. The van der Waals surface area contributed by atoms with Crippen molar-refractivity contribution in [1.29, 1.82) is 0 Å². The lowest BCUT2D eigenvalue weighted by atomic mass is 10.1. The number of aryl methyl sites for hydroxylation is 1.